The first-order valence-corrected chi connectivity index (χ1v) is 5.73. The van der Waals surface area contributed by atoms with Gasteiger partial charge < -0.3 is 9.88 Å². The molecule has 1 aromatic heterocycles. The van der Waals surface area contributed by atoms with Crippen LogP contribution in [0.4, 0.5) is 5.69 Å². The van der Waals surface area contributed by atoms with Gasteiger partial charge in [0.2, 0.25) is 0 Å². The number of nitrogens with one attached hydrogen (secondary N) is 1. The van der Waals surface area contributed by atoms with Gasteiger partial charge in [0.25, 0.3) is 0 Å². The predicted octanol–water partition coefficient (Wildman–Crippen LogP) is 3.67. The first kappa shape index (κ1) is 9.97. The zero-order chi connectivity index (χ0) is 11.7. The van der Waals surface area contributed by atoms with E-state index in [1.807, 2.05) is 7.05 Å². The summed E-state index contributed by atoms with van der Waals surface area (Å²) in [5.41, 5.74) is 3.56. The van der Waals surface area contributed by atoms with Crippen molar-refractivity contribution in [2.24, 2.45) is 0 Å². The third-order valence-electron chi connectivity index (χ3n) is 3.03. The van der Waals surface area contributed by atoms with Crippen molar-refractivity contribution >= 4 is 16.6 Å². The monoisotopic (exact) mass is 222 g/mol. The van der Waals surface area contributed by atoms with Gasteiger partial charge in [0.1, 0.15) is 0 Å². The molecular weight excluding hydrogens is 208 g/mol. The fourth-order valence-corrected chi connectivity index (χ4v) is 2.10. The predicted molar refractivity (Wildman–Crippen MR) is 72.8 cm³/mol. The number of nitrogens with zero attached hydrogens (tertiary/aromatic N) is 1. The number of rotatable bonds is 2. The third-order valence-corrected chi connectivity index (χ3v) is 3.03. The van der Waals surface area contributed by atoms with Crippen LogP contribution in [-0.4, -0.2) is 11.6 Å². The number of anilines is 1. The maximum Gasteiger partial charge on any atom is 0.0528 e. The summed E-state index contributed by atoms with van der Waals surface area (Å²) in [6, 6.07) is 19.0. The molecule has 0 aliphatic heterocycles. The zero-order valence-corrected chi connectivity index (χ0v) is 9.72. The van der Waals surface area contributed by atoms with E-state index in [0.717, 1.165) is 5.69 Å². The number of hydrogen-bond acceptors (Lipinski definition) is 1. The second-order valence-electron chi connectivity index (χ2n) is 4.04. The number of para-hydroxylation sites is 1. The van der Waals surface area contributed by atoms with E-state index in [2.05, 4.69) is 70.7 Å². The number of aromatic nitrogens is 1. The third kappa shape index (κ3) is 1.68. The topological polar surface area (TPSA) is 17.0 Å². The normalized spacial score (nSPS) is 10.6. The lowest BCUT2D eigenvalue weighted by atomic mass is 10.2. The van der Waals surface area contributed by atoms with Crippen LogP contribution in [0.2, 0.25) is 0 Å². The Morgan fingerprint density at radius 3 is 2.41 bits per heavy atom. The molecule has 0 unspecified atom stereocenters. The SMILES string of the molecule is CNc1ccc(-n2ccc3ccccc32)cc1. The van der Waals surface area contributed by atoms with E-state index < -0.39 is 0 Å². The van der Waals surface area contributed by atoms with Gasteiger partial charge in [-0.3, -0.25) is 0 Å². The molecule has 0 saturated carbocycles. The fraction of sp³-hybridized carbons (Fsp3) is 0.0667. The summed E-state index contributed by atoms with van der Waals surface area (Å²) in [7, 11) is 1.93. The van der Waals surface area contributed by atoms with Crippen LogP contribution in [0.5, 0.6) is 0 Å². The quantitative estimate of drug-likeness (QED) is 0.700. The van der Waals surface area contributed by atoms with E-state index in [1.54, 1.807) is 0 Å². The molecule has 0 aliphatic rings. The zero-order valence-electron chi connectivity index (χ0n) is 9.72. The molecule has 2 aromatic carbocycles. The van der Waals surface area contributed by atoms with E-state index in [1.165, 1.54) is 16.6 Å². The second kappa shape index (κ2) is 3.98. The molecule has 2 heteroatoms. The van der Waals surface area contributed by atoms with E-state index in [0.29, 0.717) is 0 Å². The molecule has 0 spiro atoms. The van der Waals surface area contributed by atoms with Crippen LogP contribution in [0.1, 0.15) is 0 Å². The van der Waals surface area contributed by atoms with E-state index in [4.69, 9.17) is 0 Å². The van der Waals surface area contributed by atoms with Gasteiger partial charge in [0, 0.05) is 24.6 Å². The maximum atomic E-state index is 3.13. The van der Waals surface area contributed by atoms with Crippen molar-refractivity contribution in [3.63, 3.8) is 0 Å². The molecule has 1 N–H and O–H groups in total. The van der Waals surface area contributed by atoms with Gasteiger partial charge in [-0.25, -0.2) is 0 Å². The lowest BCUT2D eigenvalue weighted by molar-refractivity contribution is 1.13. The van der Waals surface area contributed by atoms with Gasteiger partial charge in [-0.2, -0.15) is 0 Å². The van der Waals surface area contributed by atoms with Crippen molar-refractivity contribution in [1.82, 2.24) is 4.57 Å². The molecule has 3 aromatic rings. The summed E-state index contributed by atoms with van der Waals surface area (Å²) in [5, 5.41) is 4.40. The highest BCUT2D eigenvalue weighted by Gasteiger charge is 2.01. The molecule has 84 valence electrons. The van der Waals surface area contributed by atoms with E-state index >= 15 is 0 Å². The lowest BCUT2D eigenvalue weighted by Gasteiger charge is -2.06. The molecule has 0 fully saturated rings. The first-order chi connectivity index (χ1) is 8.38. The number of hydrogen-bond donors (Lipinski definition) is 1. The van der Waals surface area contributed by atoms with Gasteiger partial charge in [-0.1, -0.05) is 18.2 Å². The van der Waals surface area contributed by atoms with E-state index in [9.17, 15) is 0 Å². The minimum atomic E-state index is 1.13. The summed E-state index contributed by atoms with van der Waals surface area (Å²) < 4.78 is 2.20. The molecule has 0 radical (unpaired) electrons. The fourth-order valence-electron chi connectivity index (χ4n) is 2.10. The maximum absolute atomic E-state index is 3.13. The molecule has 3 rings (SSSR count). The van der Waals surface area contributed by atoms with Crippen LogP contribution >= 0.6 is 0 Å². The molecule has 0 atom stereocenters. The smallest absolute Gasteiger partial charge is 0.0528 e. The summed E-state index contributed by atoms with van der Waals surface area (Å²) in [4.78, 5) is 0. The van der Waals surface area contributed by atoms with E-state index in [-0.39, 0.29) is 0 Å². The van der Waals surface area contributed by atoms with Crippen molar-refractivity contribution < 1.29 is 0 Å². The Labute approximate surface area is 101 Å². The lowest BCUT2D eigenvalue weighted by Crippen LogP contribution is -1.93. The second-order valence-corrected chi connectivity index (χ2v) is 4.04. The highest BCUT2D eigenvalue weighted by Crippen LogP contribution is 2.21. The van der Waals surface area contributed by atoms with Crippen molar-refractivity contribution in [2.45, 2.75) is 0 Å². The molecule has 0 saturated heterocycles. The Balaban J connectivity index is 2.13. The van der Waals surface area contributed by atoms with Gasteiger partial charge in [0.05, 0.1) is 5.52 Å². The minimum absolute atomic E-state index is 1.13. The van der Waals surface area contributed by atoms with Crippen LogP contribution in [-0.2, 0) is 0 Å². The molecule has 1 heterocycles. The van der Waals surface area contributed by atoms with Crippen molar-refractivity contribution in [1.29, 1.82) is 0 Å². The first-order valence-electron chi connectivity index (χ1n) is 5.73. The highest BCUT2D eigenvalue weighted by molar-refractivity contribution is 5.81. The van der Waals surface area contributed by atoms with Gasteiger partial charge in [-0.15, -0.1) is 0 Å². The Kier molecular flexibility index (Phi) is 2.33. The van der Waals surface area contributed by atoms with Crippen LogP contribution in [0.25, 0.3) is 16.6 Å². The molecule has 0 aliphatic carbocycles. The largest absolute Gasteiger partial charge is 0.388 e. The van der Waals surface area contributed by atoms with Crippen LogP contribution in [0, 0.1) is 0 Å². The van der Waals surface area contributed by atoms with Crippen molar-refractivity contribution in [2.75, 3.05) is 12.4 Å². The minimum Gasteiger partial charge on any atom is -0.388 e. The van der Waals surface area contributed by atoms with Crippen LogP contribution in [0.3, 0.4) is 0 Å². The van der Waals surface area contributed by atoms with Crippen LogP contribution in [0.15, 0.2) is 60.8 Å². The molecule has 17 heavy (non-hydrogen) atoms. The summed E-state index contributed by atoms with van der Waals surface area (Å²) in [6.45, 7) is 0. The summed E-state index contributed by atoms with van der Waals surface area (Å²) in [6.07, 6.45) is 2.11. The van der Waals surface area contributed by atoms with Crippen LogP contribution < -0.4 is 5.32 Å². The Morgan fingerprint density at radius 2 is 1.65 bits per heavy atom. The molecule has 0 amide bonds. The Morgan fingerprint density at radius 1 is 0.882 bits per heavy atom. The standard InChI is InChI=1S/C15H14N2/c1-16-13-6-8-14(9-7-13)17-11-10-12-4-2-3-5-15(12)17/h2-11,16H,1H3. The molecule has 0 bridgehead atoms. The average Bonchev–Trinajstić information content (AvgIpc) is 2.83. The van der Waals surface area contributed by atoms with Crippen molar-refractivity contribution in [3.05, 3.63) is 60.8 Å². The van der Waals surface area contributed by atoms with Gasteiger partial charge >= 0.3 is 0 Å². The Hall–Kier alpha value is -2.22. The number of benzene rings is 2. The molecule has 2 nitrogen and oxygen atoms in total. The van der Waals surface area contributed by atoms with Crippen molar-refractivity contribution in [3.8, 4) is 5.69 Å². The Bertz CT molecular complexity index is 635. The molecular formula is C15H14N2. The average molecular weight is 222 g/mol. The number of fused-ring (bicyclic) bond motifs is 1. The summed E-state index contributed by atoms with van der Waals surface area (Å²) >= 11 is 0. The van der Waals surface area contributed by atoms with Gasteiger partial charge in [0.15, 0.2) is 0 Å². The van der Waals surface area contributed by atoms with Gasteiger partial charge in [-0.05, 0) is 41.8 Å². The highest BCUT2D eigenvalue weighted by atomic mass is 15.0. The summed E-state index contributed by atoms with van der Waals surface area (Å²) in [5.74, 6) is 0.